The average molecular weight is 289 g/mol. The second-order valence-electron chi connectivity index (χ2n) is 4.78. The van der Waals surface area contributed by atoms with Crippen LogP contribution >= 0.6 is 11.8 Å². The monoisotopic (exact) mass is 289 g/mol. The highest BCUT2D eigenvalue weighted by Gasteiger charge is 2.18. The Morgan fingerprint density at radius 3 is 2.75 bits per heavy atom. The fraction of sp³-hybridized carbons (Fsp3) is 0.312. The molecule has 0 unspecified atom stereocenters. The molecular weight excluding hydrogens is 270 g/mol. The first-order chi connectivity index (χ1) is 9.71. The largest absolute Gasteiger partial charge is 0.396 e. The summed E-state index contributed by atoms with van der Waals surface area (Å²) in [5.74, 6) is 0.0653. The quantitative estimate of drug-likeness (QED) is 0.497. The number of thioether (sulfide) groups is 1. The van der Waals surface area contributed by atoms with Crippen molar-refractivity contribution in [3.05, 3.63) is 48.1 Å². The van der Waals surface area contributed by atoms with E-state index in [9.17, 15) is 4.79 Å². The van der Waals surface area contributed by atoms with Crippen LogP contribution in [0.3, 0.4) is 0 Å². The van der Waals surface area contributed by atoms with Gasteiger partial charge in [0.25, 0.3) is 0 Å². The summed E-state index contributed by atoms with van der Waals surface area (Å²) in [4.78, 5) is 13.0. The molecule has 2 atom stereocenters. The van der Waals surface area contributed by atoms with Crippen LogP contribution in [0, 0.1) is 5.92 Å². The maximum Gasteiger partial charge on any atom is 0.244 e. The molecule has 20 heavy (non-hydrogen) atoms. The number of carbonyl (C=O) groups excluding carboxylic acids is 1. The molecule has 2 rings (SSSR count). The lowest BCUT2D eigenvalue weighted by atomic mass is 10.1. The van der Waals surface area contributed by atoms with Gasteiger partial charge in [-0.05, 0) is 36.4 Å². The molecule has 106 valence electrons. The molecule has 0 aromatic heterocycles. The van der Waals surface area contributed by atoms with Crippen molar-refractivity contribution in [2.75, 3.05) is 12.9 Å². The van der Waals surface area contributed by atoms with Crippen LogP contribution in [0.1, 0.15) is 12.0 Å². The van der Waals surface area contributed by atoms with E-state index in [1.54, 1.807) is 17.8 Å². The molecule has 0 fully saturated rings. The lowest BCUT2D eigenvalue weighted by Gasteiger charge is -2.10. The van der Waals surface area contributed by atoms with Crippen molar-refractivity contribution < 1.29 is 9.90 Å². The molecule has 0 spiro atoms. The van der Waals surface area contributed by atoms with Gasteiger partial charge in [-0.25, -0.2) is 0 Å². The highest BCUT2D eigenvalue weighted by Crippen LogP contribution is 2.17. The van der Waals surface area contributed by atoms with E-state index < -0.39 is 0 Å². The van der Waals surface area contributed by atoms with Crippen molar-refractivity contribution >= 4 is 23.7 Å². The highest BCUT2D eigenvalue weighted by atomic mass is 32.2. The summed E-state index contributed by atoms with van der Waals surface area (Å²) in [5, 5.41) is 11.9. The molecule has 1 amide bonds. The standard InChI is InChI=1S/C16H19NO2S/c1-20-15-7-3-12(4-8-15)5-9-16(19)17-14-6-2-13(10-14)11-18/h2-9,13-14,18H,10-11H2,1H3,(H,17,19)/b9-5+/t13-,14+/m0/s1. The summed E-state index contributed by atoms with van der Waals surface area (Å²) < 4.78 is 0. The maximum absolute atomic E-state index is 11.8. The van der Waals surface area contributed by atoms with Crippen molar-refractivity contribution in [1.82, 2.24) is 5.32 Å². The van der Waals surface area contributed by atoms with Crippen LogP contribution in [0.15, 0.2) is 47.4 Å². The number of rotatable bonds is 5. The molecule has 0 heterocycles. The molecule has 2 N–H and O–H groups in total. The smallest absolute Gasteiger partial charge is 0.244 e. The van der Waals surface area contributed by atoms with Crippen molar-refractivity contribution in [3.63, 3.8) is 0 Å². The Morgan fingerprint density at radius 2 is 2.15 bits per heavy atom. The Labute approximate surface area is 123 Å². The van der Waals surface area contributed by atoms with E-state index in [-0.39, 0.29) is 24.5 Å². The third-order valence-corrected chi connectivity index (χ3v) is 4.02. The van der Waals surface area contributed by atoms with Gasteiger partial charge in [-0.1, -0.05) is 24.3 Å². The summed E-state index contributed by atoms with van der Waals surface area (Å²) in [6.45, 7) is 0.139. The zero-order valence-electron chi connectivity index (χ0n) is 11.5. The molecule has 0 saturated heterocycles. The molecule has 1 aliphatic carbocycles. The van der Waals surface area contributed by atoms with Crippen molar-refractivity contribution in [2.24, 2.45) is 5.92 Å². The highest BCUT2D eigenvalue weighted by molar-refractivity contribution is 7.98. The number of amides is 1. The van der Waals surface area contributed by atoms with Crippen molar-refractivity contribution in [1.29, 1.82) is 0 Å². The van der Waals surface area contributed by atoms with E-state index in [1.807, 2.05) is 48.7 Å². The minimum absolute atomic E-state index is 0.0307. The third kappa shape index (κ3) is 4.25. The van der Waals surface area contributed by atoms with Crippen LogP contribution < -0.4 is 5.32 Å². The Balaban J connectivity index is 1.84. The number of aliphatic hydroxyl groups is 1. The second-order valence-corrected chi connectivity index (χ2v) is 5.66. The molecule has 1 aliphatic rings. The van der Waals surface area contributed by atoms with E-state index in [0.29, 0.717) is 0 Å². The molecule has 0 saturated carbocycles. The molecule has 3 nitrogen and oxygen atoms in total. The Hall–Kier alpha value is -1.52. The van der Waals surface area contributed by atoms with Crippen molar-refractivity contribution in [2.45, 2.75) is 17.4 Å². The maximum atomic E-state index is 11.8. The average Bonchev–Trinajstić information content (AvgIpc) is 2.93. The summed E-state index contributed by atoms with van der Waals surface area (Å²) in [7, 11) is 0. The van der Waals surface area contributed by atoms with Gasteiger partial charge >= 0.3 is 0 Å². The van der Waals surface area contributed by atoms with Crippen LogP contribution in [0.2, 0.25) is 0 Å². The lowest BCUT2D eigenvalue weighted by molar-refractivity contribution is -0.116. The zero-order chi connectivity index (χ0) is 14.4. The molecule has 4 heteroatoms. The first-order valence-corrected chi connectivity index (χ1v) is 7.85. The van der Waals surface area contributed by atoms with Crippen LogP contribution in [-0.2, 0) is 4.79 Å². The van der Waals surface area contributed by atoms with Crippen molar-refractivity contribution in [3.8, 4) is 0 Å². The normalized spacial score (nSPS) is 21.5. The Morgan fingerprint density at radius 1 is 1.40 bits per heavy atom. The number of carbonyl (C=O) groups is 1. The molecule has 0 radical (unpaired) electrons. The second kappa shape index (κ2) is 7.31. The van der Waals surface area contributed by atoms with Gasteiger partial charge in [0.2, 0.25) is 5.91 Å². The summed E-state index contributed by atoms with van der Waals surface area (Å²) in [6.07, 6.45) is 10.1. The first kappa shape index (κ1) is 14.9. The minimum atomic E-state index is -0.104. The number of hydrogen-bond acceptors (Lipinski definition) is 3. The van der Waals surface area contributed by atoms with Gasteiger partial charge in [0.1, 0.15) is 0 Å². The van der Waals surface area contributed by atoms with Gasteiger partial charge < -0.3 is 10.4 Å². The SMILES string of the molecule is CSc1ccc(/C=C/C(=O)N[C@@H]2C=C[C@H](CO)C2)cc1. The molecule has 1 aromatic rings. The number of nitrogens with one attached hydrogen (secondary N) is 1. The predicted molar refractivity (Wildman–Crippen MR) is 83.5 cm³/mol. The van der Waals surface area contributed by atoms with E-state index >= 15 is 0 Å². The van der Waals surface area contributed by atoms with Gasteiger partial charge in [0.15, 0.2) is 0 Å². The van der Waals surface area contributed by atoms with E-state index in [0.717, 1.165) is 12.0 Å². The predicted octanol–water partition coefficient (Wildman–Crippen LogP) is 2.47. The van der Waals surface area contributed by atoms with E-state index in [1.165, 1.54) is 4.90 Å². The molecule has 1 aromatic carbocycles. The lowest BCUT2D eigenvalue weighted by Crippen LogP contribution is -2.31. The van der Waals surface area contributed by atoms with Gasteiger partial charge in [0.05, 0.1) is 0 Å². The van der Waals surface area contributed by atoms with Crippen LogP contribution in [0.5, 0.6) is 0 Å². The van der Waals surface area contributed by atoms with Gasteiger partial charge in [-0.2, -0.15) is 0 Å². The fourth-order valence-electron chi connectivity index (χ4n) is 2.13. The van der Waals surface area contributed by atoms with E-state index in [4.69, 9.17) is 5.11 Å². The molecule has 0 aliphatic heterocycles. The summed E-state index contributed by atoms with van der Waals surface area (Å²) in [5.41, 5.74) is 1.01. The molecule has 0 bridgehead atoms. The van der Waals surface area contributed by atoms with Gasteiger partial charge in [0, 0.05) is 29.5 Å². The third-order valence-electron chi connectivity index (χ3n) is 3.28. The molecular formula is C16H19NO2S. The zero-order valence-corrected chi connectivity index (χ0v) is 12.3. The first-order valence-electron chi connectivity index (χ1n) is 6.63. The van der Waals surface area contributed by atoms with Gasteiger partial charge in [-0.3, -0.25) is 4.79 Å². The van der Waals surface area contributed by atoms with E-state index in [2.05, 4.69) is 5.32 Å². The topological polar surface area (TPSA) is 49.3 Å². The number of aliphatic hydroxyl groups excluding tert-OH is 1. The summed E-state index contributed by atoms with van der Waals surface area (Å²) >= 11 is 1.69. The summed E-state index contributed by atoms with van der Waals surface area (Å²) in [6, 6.07) is 8.09. The van der Waals surface area contributed by atoms with Crippen LogP contribution in [0.4, 0.5) is 0 Å². The number of hydrogen-bond donors (Lipinski definition) is 2. The Bertz CT molecular complexity index is 508. The minimum Gasteiger partial charge on any atom is -0.396 e. The van der Waals surface area contributed by atoms with Crippen LogP contribution in [0.25, 0.3) is 6.08 Å². The van der Waals surface area contributed by atoms with Gasteiger partial charge in [-0.15, -0.1) is 11.8 Å². The van der Waals surface area contributed by atoms with Crippen LogP contribution in [-0.4, -0.2) is 29.9 Å². The fourth-order valence-corrected chi connectivity index (χ4v) is 2.54. The Kier molecular flexibility index (Phi) is 5.44. The number of benzene rings is 1.